The van der Waals surface area contributed by atoms with Crippen molar-refractivity contribution in [1.82, 2.24) is 0 Å². The Morgan fingerprint density at radius 2 is 2.12 bits per heavy atom. The summed E-state index contributed by atoms with van der Waals surface area (Å²) in [7, 11) is 1.44. The summed E-state index contributed by atoms with van der Waals surface area (Å²) < 4.78 is 24.1. The number of hydrogen-bond acceptors (Lipinski definition) is 3. The lowest BCUT2D eigenvalue weighted by molar-refractivity contribution is 0.0757. The Labute approximate surface area is 102 Å². The van der Waals surface area contributed by atoms with Gasteiger partial charge in [-0.05, 0) is 19.4 Å². The molecule has 0 saturated carbocycles. The maximum absolute atomic E-state index is 13.7. The molecule has 17 heavy (non-hydrogen) atoms. The van der Waals surface area contributed by atoms with Crippen molar-refractivity contribution in [2.45, 2.75) is 32.4 Å². The van der Waals surface area contributed by atoms with Crippen LogP contribution in [0.3, 0.4) is 0 Å². The molecule has 1 aromatic carbocycles. The molecule has 96 valence electrons. The average molecular weight is 241 g/mol. The van der Waals surface area contributed by atoms with Crippen LogP contribution in [0.2, 0.25) is 0 Å². The molecule has 0 aliphatic heterocycles. The van der Waals surface area contributed by atoms with Crippen molar-refractivity contribution < 1.29 is 13.9 Å². The molecular formula is C13H20FNO2. The Bertz CT molecular complexity index is 366. The van der Waals surface area contributed by atoms with Crippen LogP contribution in [0.15, 0.2) is 18.2 Å². The van der Waals surface area contributed by atoms with Crippen LogP contribution in [-0.2, 0) is 11.3 Å². The van der Waals surface area contributed by atoms with Crippen LogP contribution < -0.4 is 10.5 Å². The molecule has 1 aromatic rings. The summed E-state index contributed by atoms with van der Waals surface area (Å²) in [5.74, 6) is -0.137. The van der Waals surface area contributed by atoms with Gasteiger partial charge < -0.3 is 15.2 Å². The van der Waals surface area contributed by atoms with Crippen molar-refractivity contribution in [3.63, 3.8) is 0 Å². The number of benzene rings is 1. The highest BCUT2D eigenvalue weighted by Crippen LogP contribution is 2.20. The number of ether oxygens (including phenoxy) is 2. The molecule has 0 saturated heterocycles. The molecule has 1 rings (SSSR count). The highest BCUT2D eigenvalue weighted by molar-refractivity contribution is 5.30. The third kappa shape index (κ3) is 3.98. The van der Waals surface area contributed by atoms with Gasteiger partial charge in [0, 0.05) is 11.1 Å². The lowest BCUT2D eigenvalue weighted by Crippen LogP contribution is -2.40. The van der Waals surface area contributed by atoms with E-state index < -0.39 is 0 Å². The molecule has 3 nitrogen and oxygen atoms in total. The predicted octanol–water partition coefficient (Wildman–Crippen LogP) is 2.48. The van der Waals surface area contributed by atoms with Crippen LogP contribution in [0.25, 0.3) is 0 Å². The lowest BCUT2D eigenvalue weighted by atomic mass is 10.0. The monoisotopic (exact) mass is 241 g/mol. The Morgan fingerprint density at radius 1 is 1.41 bits per heavy atom. The smallest absolute Gasteiger partial charge is 0.170 e. The molecule has 0 aromatic heterocycles. The van der Waals surface area contributed by atoms with Gasteiger partial charge in [0.2, 0.25) is 0 Å². The number of methoxy groups -OCH3 is 1. The van der Waals surface area contributed by atoms with E-state index in [0.717, 1.165) is 6.42 Å². The van der Waals surface area contributed by atoms with Crippen LogP contribution in [0.1, 0.15) is 25.8 Å². The van der Waals surface area contributed by atoms with E-state index in [0.29, 0.717) is 12.2 Å². The standard InChI is InChI=1S/C13H20FNO2/c1-4-13(2,15)9-17-8-10-6-5-7-11(16-3)12(10)14/h5-7H,4,8-9,15H2,1-3H3. The van der Waals surface area contributed by atoms with E-state index in [1.54, 1.807) is 18.2 Å². The minimum atomic E-state index is -0.370. The Balaban J connectivity index is 2.58. The largest absolute Gasteiger partial charge is 0.494 e. The second kappa shape index (κ2) is 5.98. The fourth-order valence-corrected chi connectivity index (χ4v) is 1.32. The number of rotatable bonds is 6. The highest BCUT2D eigenvalue weighted by Gasteiger charge is 2.16. The first kappa shape index (κ1) is 13.9. The van der Waals surface area contributed by atoms with E-state index in [2.05, 4.69) is 0 Å². The summed E-state index contributed by atoms with van der Waals surface area (Å²) in [5.41, 5.74) is 6.05. The second-order valence-electron chi connectivity index (χ2n) is 4.43. The molecule has 4 heteroatoms. The van der Waals surface area contributed by atoms with Crippen LogP contribution in [0.4, 0.5) is 4.39 Å². The van der Waals surface area contributed by atoms with Crippen molar-refractivity contribution in [2.24, 2.45) is 5.73 Å². The molecule has 0 fully saturated rings. The predicted molar refractivity (Wildman–Crippen MR) is 65.5 cm³/mol. The zero-order valence-corrected chi connectivity index (χ0v) is 10.6. The van der Waals surface area contributed by atoms with Crippen LogP contribution in [0.5, 0.6) is 5.75 Å². The summed E-state index contributed by atoms with van der Waals surface area (Å²) in [5, 5.41) is 0. The molecule has 1 unspecified atom stereocenters. The Hall–Kier alpha value is -1.13. The van der Waals surface area contributed by atoms with Gasteiger partial charge >= 0.3 is 0 Å². The van der Waals surface area contributed by atoms with Crippen LogP contribution in [-0.4, -0.2) is 19.3 Å². The molecule has 0 heterocycles. The summed E-state index contributed by atoms with van der Waals surface area (Å²) in [6.45, 7) is 4.51. The van der Waals surface area contributed by atoms with Crippen molar-refractivity contribution in [1.29, 1.82) is 0 Å². The average Bonchev–Trinajstić information content (AvgIpc) is 2.31. The zero-order valence-electron chi connectivity index (χ0n) is 10.6. The summed E-state index contributed by atoms with van der Waals surface area (Å²) in [4.78, 5) is 0. The SMILES string of the molecule is CCC(C)(N)COCc1cccc(OC)c1F. The van der Waals surface area contributed by atoms with E-state index in [1.807, 2.05) is 13.8 Å². The quantitative estimate of drug-likeness (QED) is 0.832. The lowest BCUT2D eigenvalue weighted by Gasteiger charge is -2.22. The summed E-state index contributed by atoms with van der Waals surface area (Å²) in [6, 6.07) is 5.00. The van der Waals surface area contributed by atoms with E-state index in [-0.39, 0.29) is 23.7 Å². The minimum absolute atomic E-state index is 0.204. The van der Waals surface area contributed by atoms with E-state index in [1.165, 1.54) is 7.11 Å². The van der Waals surface area contributed by atoms with Gasteiger partial charge in [0.15, 0.2) is 11.6 Å². The third-order valence-electron chi connectivity index (χ3n) is 2.76. The summed E-state index contributed by atoms with van der Waals surface area (Å²) in [6.07, 6.45) is 0.813. The van der Waals surface area contributed by atoms with Crippen molar-refractivity contribution in [3.05, 3.63) is 29.6 Å². The fourth-order valence-electron chi connectivity index (χ4n) is 1.32. The topological polar surface area (TPSA) is 44.5 Å². The molecule has 0 aliphatic rings. The van der Waals surface area contributed by atoms with Gasteiger partial charge in [0.05, 0.1) is 20.3 Å². The highest BCUT2D eigenvalue weighted by atomic mass is 19.1. The van der Waals surface area contributed by atoms with Gasteiger partial charge in [-0.15, -0.1) is 0 Å². The molecule has 0 bridgehead atoms. The van der Waals surface area contributed by atoms with Gasteiger partial charge in [-0.25, -0.2) is 4.39 Å². The molecule has 0 spiro atoms. The number of hydrogen-bond donors (Lipinski definition) is 1. The van der Waals surface area contributed by atoms with Crippen molar-refractivity contribution in [3.8, 4) is 5.75 Å². The normalized spacial score (nSPS) is 14.4. The van der Waals surface area contributed by atoms with Gasteiger partial charge in [-0.3, -0.25) is 0 Å². The van der Waals surface area contributed by atoms with Crippen LogP contribution >= 0.6 is 0 Å². The molecule has 2 N–H and O–H groups in total. The fraction of sp³-hybridized carbons (Fsp3) is 0.538. The first-order valence-electron chi connectivity index (χ1n) is 5.68. The number of nitrogens with two attached hydrogens (primary N) is 1. The Morgan fingerprint density at radius 3 is 2.71 bits per heavy atom. The van der Waals surface area contributed by atoms with Crippen molar-refractivity contribution in [2.75, 3.05) is 13.7 Å². The van der Waals surface area contributed by atoms with Gasteiger partial charge in [-0.1, -0.05) is 19.1 Å². The van der Waals surface area contributed by atoms with E-state index in [9.17, 15) is 4.39 Å². The van der Waals surface area contributed by atoms with Gasteiger partial charge in [-0.2, -0.15) is 0 Å². The zero-order chi connectivity index (χ0) is 12.9. The molecule has 1 atom stereocenters. The summed E-state index contributed by atoms with van der Waals surface area (Å²) >= 11 is 0. The van der Waals surface area contributed by atoms with Gasteiger partial charge in [0.1, 0.15) is 0 Å². The first-order valence-corrected chi connectivity index (χ1v) is 5.68. The second-order valence-corrected chi connectivity index (χ2v) is 4.43. The first-order chi connectivity index (χ1) is 8.00. The van der Waals surface area contributed by atoms with Gasteiger partial charge in [0.25, 0.3) is 0 Å². The minimum Gasteiger partial charge on any atom is -0.494 e. The maximum atomic E-state index is 13.7. The number of halogens is 1. The van der Waals surface area contributed by atoms with E-state index >= 15 is 0 Å². The molecule has 0 amide bonds. The van der Waals surface area contributed by atoms with E-state index in [4.69, 9.17) is 15.2 Å². The molecule has 0 aliphatic carbocycles. The molecular weight excluding hydrogens is 221 g/mol. The third-order valence-corrected chi connectivity index (χ3v) is 2.76. The maximum Gasteiger partial charge on any atom is 0.170 e. The van der Waals surface area contributed by atoms with Crippen molar-refractivity contribution >= 4 is 0 Å². The Kier molecular flexibility index (Phi) is 4.90. The van der Waals surface area contributed by atoms with Crippen LogP contribution in [0, 0.1) is 5.82 Å². The molecule has 0 radical (unpaired) electrons.